The number of carbonyl (C=O) groups excluding carboxylic acids is 1. The second-order valence-electron chi connectivity index (χ2n) is 4.43. The number of nitrogens with zero attached hydrogens (tertiary/aromatic N) is 2. The van der Waals surface area contributed by atoms with Gasteiger partial charge in [-0.15, -0.1) is 0 Å². The predicted octanol–water partition coefficient (Wildman–Crippen LogP) is 2.74. The van der Waals surface area contributed by atoms with Gasteiger partial charge in [0.2, 0.25) is 5.88 Å². The van der Waals surface area contributed by atoms with E-state index in [2.05, 4.69) is 21.9 Å². The van der Waals surface area contributed by atoms with Crippen molar-refractivity contribution in [1.82, 2.24) is 15.0 Å². The van der Waals surface area contributed by atoms with Crippen LogP contribution in [0.3, 0.4) is 0 Å². The van der Waals surface area contributed by atoms with Gasteiger partial charge in [-0.2, -0.15) is 0 Å². The van der Waals surface area contributed by atoms with E-state index in [0.717, 1.165) is 17.4 Å². The Balaban J connectivity index is 2.46. The molecular weight excluding hydrogens is 242 g/mol. The van der Waals surface area contributed by atoms with Crippen LogP contribution in [0.5, 0.6) is 5.88 Å². The first-order chi connectivity index (χ1) is 9.11. The Bertz CT molecular complexity index is 616. The fraction of sp³-hybridized carbons (Fsp3) is 0.357. The standard InChI is InChI=1S/C14H17N3O2/c1-4-10(3)19-14-12-11(6-5-9(2)18)7-15-13(12)16-8-17-14/h5-8,10H,4H2,1-3H3,(H,15,16,17)/b6-5+. The van der Waals surface area contributed by atoms with Crippen molar-refractivity contribution in [2.45, 2.75) is 33.3 Å². The number of ether oxygens (including phenoxy) is 1. The summed E-state index contributed by atoms with van der Waals surface area (Å²) in [5.41, 5.74) is 1.56. The van der Waals surface area contributed by atoms with E-state index in [-0.39, 0.29) is 11.9 Å². The highest BCUT2D eigenvalue weighted by atomic mass is 16.5. The summed E-state index contributed by atoms with van der Waals surface area (Å²) < 4.78 is 5.79. The number of carbonyl (C=O) groups is 1. The Morgan fingerprint density at radius 3 is 3.00 bits per heavy atom. The number of fused-ring (bicyclic) bond motifs is 1. The van der Waals surface area contributed by atoms with Gasteiger partial charge in [0, 0.05) is 11.8 Å². The second-order valence-corrected chi connectivity index (χ2v) is 4.43. The Kier molecular flexibility index (Phi) is 3.94. The molecule has 0 aliphatic heterocycles. The molecule has 0 amide bonds. The maximum Gasteiger partial charge on any atom is 0.226 e. The van der Waals surface area contributed by atoms with Crippen molar-refractivity contribution in [3.63, 3.8) is 0 Å². The lowest BCUT2D eigenvalue weighted by atomic mass is 10.2. The van der Waals surface area contributed by atoms with Gasteiger partial charge >= 0.3 is 0 Å². The summed E-state index contributed by atoms with van der Waals surface area (Å²) in [6, 6.07) is 0. The first-order valence-electron chi connectivity index (χ1n) is 6.29. The number of H-pyrrole nitrogens is 1. The molecule has 2 heterocycles. The van der Waals surface area contributed by atoms with Crippen LogP contribution in [0.2, 0.25) is 0 Å². The van der Waals surface area contributed by atoms with Crippen molar-refractivity contribution in [2.75, 3.05) is 0 Å². The molecule has 1 N–H and O–H groups in total. The summed E-state index contributed by atoms with van der Waals surface area (Å²) in [5, 5.41) is 0.806. The summed E-state index contributed by atoms with van der Waals surface area (Å²) >= 11 is 0. The molecule has 0 aromatic carbocycles. The van der Waals surface area contributed by atoms with Gasteiger partial charge in [-0.25, -0.2) is 9.97 Å². The van der Waals surface area contributed by atoms with Gasteiger partial charge in [-0.3, -0.25) is 4.79 Å². The van der Waals surface area contributed by atoms with Crippen LogP contribution in [0.25, 0.3) is 17.1 Å². The molecule has 5 heteroatoms. The summed E-state index contributed by atoms with van der Waals surface area (Å²) in [4.78, 5) is 22.4. The molecule has 100 valence electrons. The average Bonchev–Trinajstić information content (AvgIpc) is 2.80. The molecule has 2 aromatic heterocycles. The third-order valence-corrected chi connectivity index (χ3v) is 2.85. The second kappa shape index (κ2) is 5.65. The molecule has 0 bridgehead atoms. The number of aromatic nitrogens is 3. The molecule has 0 saturated carbocycles. The predicted molar refractivity (Wildman–Crippen MR) is 74.0 cm³/mol. The molecule has 0 saturated heterocycles. The van der Waals surface area contributed by atoms with E-state index in [1.807, 2.05) is 6.92 Å². The Morgan fingerprint density at radius 2 is 2.32 bits per heavy atom. The largest absolute Gasteiger partial charge is 0.474 e. The average molecular weight is 259 g/mol. The quantitative estimate of drug-likeness (QED) is 0.838. The van der Waals surface area contributed by atoms with Crippen LogP contribution in [-0.2, 0) is 4.79 Å². The molecule has 5 nitrogen and oxygen atoms in total. The van der Waals surface area contributed by atoms with Gasteiger partial charge < -0.3 is 9.72 Å². The van der Waals surface area contributed by atoms with Crippen LogP contribution < -0.4 is 4.74 Å². The SMILES string of the molecule is CCC(C)Oc1ncnc2[nH]cc(/C=C/C(C)=O)c12. The van der Waals surface area contributed by atoms with Crippen LogP contribution in [0, 0.1) is 0 Å². The summed E-state index contributed by atoms with van der Waals surface area (Å²) in [7, 11) is 0. The van der Waals surface area contributed by atoms with E-state index < -0.39 is 0 Å². The number of hydrogen-bond donors (Lipinski definition) is 1. The van der Waals surface area contributed by atoms with Crippen molar-refractivity contribution in [3.8, 4) is 5.88 Å². The zero-order valence-corrected chi connectivity index (χ0v) is 11.3. The zero-order chi connectivity index (χ0) is 13.8. The van der Waals surface area contributed by atoms with E-state index in [1.165, 1.54) is 19.3 Å². The monoisotopic (exact) mass is 259 g/mol. The number of allylic oxidation sites excluding steroid dienone is 1. The molecule has 1 atom stereocenters. The number of hydrogen-bond acceptors (Lipinski definition) is 4. The Labute approximate surface area is 111 Å². The number of rotatable bonds is 5. The van der Waals surface area contributed by atoms with Crippen molar-refractivity contribution < 1.29 is 9.53 Å². The Hall–Kier alpha value is -2.17. The highest BCUT2D eigenvalue weighted by Gasteiger charge is 2.12. The third kappa shape index (κ3) is 2.99. The lowest BCUT2D eigenvalue weighted by Gasteiger charge is -2.12. The van der Waals surface area contributed by atoms with E-state index >= 15 is 0 Å². The van der Waals surface area contributed by atoms with E-state index in [1.54, 1.807) is 12.3 Å². The first-order valence-corrected chi connectivity index (χ1v) is 6.29. The Morgan fingerprint density at radius 1 is 1.53 bits per heavy atom. The fourth-order valence-electron chi connectivity index (χ4n) is 1.66. The van der Waals surface area contributed by atoms with Gasteiger partial charge in [0.1, 0.15) is 12.0 Å². The minimum Gasteiger partial charge on any atom is -0.474 e. The number of ketones is 1. The van der Waals surface area contributed by atoms with Crippen LogP contribution in [0.4, 0.5) is 0 Å². The molecule has 2 rings (SSSR count). The lowest BCUT2D eigenvalue weighted by Crippen LogP contribution is -2.11. The van der Waals surface area contributed by atoms with Crippen LogP contribution in [-0.4, -0.2) is 26.8 Å². The molecule has 1 unspecified atom stereocenters. The first kappa shape index (κ1) is 13.3. The molecule has 0 spiro atoms. The van der Waals surface area contributed by atoms with Crippen molar-refractivity contribution in [1.29, 1.82) is 0 Å². The minimum atomic E-state index is -0.00408. The molecular formula is C14H17N3O2. The lowest BCUT2D eigenvalue weighted by molar-refractivity contribution is -0.112. The molecule has 0 aliphatic rings. The van der Waals surface area contributed by atoms with Gasteiger partial charge in [0.15, 0.2) is 5.78 Å². The maximum absolute atomic E-state index is 11.0. The molecule has 19 heavy (non-hydrogen) atoms. The van der Waals surface area contributed by atoms with Crippen LogP contribution in [0.1, 0.15) is 32.8 Å². The van der Waals surface area contributed by atoms with E-state index in [9.17, 15) is 4.79 Å². The topological polar surface area (TPSA) is 67.9 Å². The van der Waals surface area contributed by atoms with Crippen LogP contribution in [0.15, 0.2) is 18.6 Å². The molecule has 0 aliphatic carbocycles. The fourth-order valence-corrected chi connectivity index (χ4v) is 1.66. The van der Waals surface area contributed by atoms with Gasteiger partial charge in [0.25, 0.3) is 0 Å². The van der Waals surface area contributed by atoms with Crippen molar-refractivity contribution in [3.05, 3.63) is 24.2 Å². The van der Waals surface area contributed by atoms with Crippen molar-refractivity contribution in [2.24, 2.45) is 0 Å². The summed E-state index contributed by atoms with van der Waals surface area (Å²) in [6.45, 7) is 5.56. The summed E-state index contributed by atoms with van der Waals surface area (Å²) in [5.74, 6) is 0.541. The van der Waals surface area contributed by atoms with Gasteiger partial charge in [-0.05, 0) is 32.4 Å². The molecule has 2 aromatic rings. The van der Waals surface area contributed by atoms with E-state index in [0.29, 0.717) is 11.5 Å². The third-order valence-electron chi connectivity index (χ3n) is 2.85. The minimum absolute atomic E-state index is 0.00408. The maximum atomic E-state index is 11.0. The number of nitrogens with one attached hydrogen (secondary N) is 1. The normalized spacial score (nSPS) is 13.0. The van der Waals surface area contributed by atoms with Crippen LogP contribution >= 0.6 is 0 Å². The highest BCUT2D eigenvalue weighted by Crippen LogP contribution is 2.27. The van der Waals surface area contributed by atoms with Gasteiger partial charge in [0.05, 0.1) is 11.5 Å². The highest BCUT2D eigenvalue weighted by molar-refractivity contribution is 5.96. The molecule has 0 radical (unpaired) electrons. The summed E-state index contributed by atoms with van der Waals surface area (Å²) in [6.07, 6.45) is 7.50. The van der Waals surface area contributed by atoms with Gasteiger partial charge in [-0.1, -0.05) is 6.92 Å². The molecule has 0 fully saturated rings. The smallest absolute Gasteiger partial charge is 0.226 e. The van der Waals surface area contributed by atoms with E-state index in [4.69, 9.17) is 4.74 Å². The number of aromatic amines is 1. The van der Waals surface area contributed by atoms with Crippen molar-refractivity contribution >= 4 is 22.9 Å². The zero-order valence-electron chi connectivity index (χ0n) is 11.3.